The van der Waals surface area contributed by atoms with Gasteiger partial charge in [0.2, 0.25) is 0 Å². The van der Waals surface area contributed by atoms with Crippen molar-refractivity contribution in [1.82, 2.24) is 4.72 Å². The molecule has 1 nitrogen and oxygen atoms in total. The van der Waals surface area contributed by atoms with E-state index in [-0.39, 0.29) is 0 Å². The minimum absolute atomic E-state index is 0.628. The van der Waals surface area contributed by atoms with Crippen molar-refractivity contribution in [2.45, 2.75) is 57.3 Å². The number of allylic oxidation sites excluding steroid dienone is 3. The summed E-state index contributed by atoms with van der Waals surface area (Å²) in [5.41, 5.74) is 2.61. The van der Waals surface area contributed by atoms with Crippen LogP contribution >= 0.6 is 11.9 Å². The maximum Gasteiger partial charge on any atom is 0.0316 e. The van der Waals surface area contributed by atoms with E-state index in [1.165, 1.54) is 48.3 Å². The molecule has 0 spiro atoms. The summed E-state index contributed by atoms with van der Waals surface area (Å²) < 4.78 is 3.48. The number of unbranched alkanes of at least 4 members (excludes halogenated alkanes) is 2. The first-order valence-electron chi connectivity index (χ1n) is 8.62. The van der Waals surface area contributed by atoms with Crippen LogP contribution in [0, 0.1) is 11.8 Å². The zero-order valence-electron chi connectivity index (χ0n) is 14.0. The number of rotatable bonds is 10. The summed E-state index contributed by atoms with van der Waals surface area (Å²) in [7, 11) is 0. The van der Waals surface area contributed by atoms with E-state index >= 15 is 0 Å². The van der Waals surface area contributed by atoms with Gasteiger partial charge in [-0.15, -0.1) is 0 Å². The first-order chi connectivity index (χ1) is 10.8. The first-order valence-corrected chi connectivity index (χ1v) is 9.44. The van der Waals surface area contributed by atoms with E-state index in [2.05, 4.69) is 61.6 Å². The molecule has 0 bridgehead atoms. The van der Waals surface area contributed by atoms with Gasteiger partial charge in [-0.05, 0) is 48.8 Å². The van der Waals surface area contributed by atoms with Gasteiger partial charge in [0, 0.05) is 16.5 Å². The van der Waals surface area contributed by atoms with Crippen LogP contribution in [0.4, 0.5) is 0 Å². The Kier molecular flexibility index (Phi) is 7.11. The average Bonchev–Trinajstić information content (AvgIpc) is 3.30. The Hall–Kier alpha value is -1.15. The fourth-order valence-electron chi connectivity index (χ4n) is 2.70. The molecule has 2 atom stereocenters. The zero-order valence-corrected chi connectivity index (χ0v) is 14.8. The van der Waals surface area contributed by atoms with Gasteiger partial charge in [0.1, 0.15) is 0 Å². The van der Waals surface area contributed by atoms with Crippen molar-refractivity contribution >= 4 is 11.9 Å². The molecule has 1 aromatic rings. The Morgan fingerprint density at radius 3 is 2.91 bits per heavy atom. The quantitative estimate of drug-likeness (QED) is 0.316. The highest BCUT2D eigenvalue weighted by atomic mass is 32.2. The third-order valence-electron chi connectivity index (χ3n) is 4.18. The molecule has 0 amide bonds. The van der Waals surface area contributed by atoms with Crippen LogP contribution in [0.2, 0.25) is 0 Å². The predicted octanol–water partition coefficient (Wildman–Crippen LogP) is 6.13. The summed E-state index contributed by atoms with van der Waals surface area (Å²) in [6, 6.07) is 8.67. The molecule has 1 fully saturated rings. The van der Waals surface area contributed by atoms with Crippen LogP contribution in [0.1, 0.15) is 51.5 Å². The molecule has 0 saturated heterocycles. The number of hydrogen-bond acceptors (Lipinski definition) is 2. The molecule has 0 radical (unpaired) electrons. The number of nitrogens with one attached hydrogen (secondary N) is 1. The molecule has 1 saturated carbocycles. The number of benzene rings is 1. The molecule has 120 valence electrons. The fraction of sp³-hybridized carbons (Fsp3) is 0.500. The van der Waals surface area contributed by atoms with Crippen LogP contribution in [0.5, 0.6) is 0 Å². The largest absolute Gasteiger partial charge is 0.330 e. The van der Waals surface area contributed by atoms with Crippen molar-refractivity contribution in [2.75, 3.05) is 0 Å². The lowest BCUT2D eigenvalue weighted by atomic mass is 10.1. The van der Waals surface area contributed by atoms with Crippen molar-refractivity contribution in [2.24, 2.45) is 11.8 Å². The smallest absolute Gasteiger partial charge is 0.0316 e. The van der Waals surface area contributed by atoms with E-state index in [1.807, 2.05) is 0 Å². The van der Waals surface area contributed by atoms with Gasteiger partial charge in [0.05, 0.1) is 0 Å². The van der Waals surface area contributed by atoms with Gasteiger partial charge in [0.15, 0.2) is 0 Å². The van der Waals surface area contributed by atoms with Gasteiger partial charge in [-0.25, -0.2) is 0 Å². The van der Waals surface area contributed by atoms with Gasteiger partial charge in [-0.1, -0.05) is 70.0 Å². The van der Waals surface area contributed by atoms with Gasteiger partial charge < -0.3 is 4.72 Å². The predicted molar refractivity (Wildman–Crippen MR) is 98.8 cm³/mol. The molecule has 0 aliphatic heterocycles. The minimum Gasteiger partial charge on any atom is -0.330 e. The van der Waals surface area contributed by atoms with E-state index in [9.17, 15) is 0 Å². The number of aryl methyl sites for hydroxylation is 1. The lowest BCUT2D eigenvalue weighted by Crippen LogP contribution is -2.05. The maximum atomic E-state index is 4.24. The molecular weight excluding hydrogens is 286 g/mol. The monoisotopic (exact) mass is 315 g/mol. The topological polar surface area (TPSA) is 12.0 Å². The fourth-order valence-corrected chi connectivity index (χ4v) is 3.54. The lowest BCUT2D eigenvalue weighted by molar-refractivity contribution is 0.807. The molecule has 1 aromatic carbocycles. The second kappa shape index (κ2) is 9.09. The molecule has 2 unspecified atom stereocenters. The van der Waals surface area contributed by atoms with Crippen molar-refractivity contribution in [3.05, 3.63) is 54.3 Å². The van der Waals surface area contributed by atoms with Crippen molar-refractivity contribution < 1.29 is 0 Å². The third-order valence-corrected chi connectivity index (χ3v) is 5.16. The average molecular weight is 316 g/mol. The molecule has 1 aliphatic carbocycles. The Morgan fingerprint density at radius 1 is 1.32 bits per heavy atom. The van der Waals surface area contributed by atoms with Gasteiger partial charge in [-0.3, -0.25) is 0 Å². The molecule has 1 N–H and O–H groups in total. The van der Waals surface area contributed by atoms with Crippen LogP contribution in [0.3, 0.4) is 0 Å². The van der Waals surface area contributed by atoms with Crippen LogP contribution in [0.15, 0.2) is 53.6 Å². The second-order valence-electron chi connectivity index (χ2n) is 6.16. The molecule has 0 heterocycles. The van der Waals surface area contributed by atoms with E-state index < -0.39 is 0 Å². The third kappa shape index (κ3) is 5.24. The lowest BCUT2D eigenvalue weighted by Gasteiger charge is -2.11. The zero-order chi connectivity index (χ0) is 15.8. The van der Waals surface area contributed by atoms with E-state index in [1.54, 1.807) is 11.9 Å². The first kappa shape index (κ1) is 17.2. The highest BCUT2D eigenvalue weighted by Crippen LogP contribution is 2.44. The Labute approximate surface area is 140 Å². The van der Waals surface area contributed by atoms with E-state index in [0.717, 1.165) is 6.42 Å². The van der Waals surface area contributed by atoms with Crippen molar-refractivity contribution in [3.8, 4) is 0 Å². The van der Waals surface area contributed by atoms with Crippen molar-refractivity contribution in [3.63, 3.8) is 0 Å². The summed E-state index contributed by atoms with van der Waals surface area (Å²) >= 11 is 1.72. The normalized spacial score (nSPS) is 20.3. The molecule has 0 aromatic heterocycles. The van der Waals surface area contributed by atoms with Crippen LogP contribution in [0.25, 0.3) is 0 Å². The SMILES string of the molecule is C=C(NSc1ccccc1CCC)C1CC1/C=C\CCCC. The van der Waals surface area contributed by atoms with Crippen LogP contribution in [-0.4, -0.2) is 0 Å². The highest BCUT2D eigenvalue weighted by molar-refractivity contribution is 7.97. The molecular formula is C20H29NS. The molecule has 2 rings (SSSR count). The van der Waals surface area contributed by atoms with E-state index in [4.69, 9.17) is 0 Å². The molecule has 1 aliphatic rings. The van der Waals surface area contributed by atoms with Crippen LogP contribution in [-0.2, 0) is 6.42 Å². The Balaban J connectivity index is 1.76. The van der Waals surface area contributed by atoms with Gasteiger partial charge in [0.25, 0.3) is 0 Å². The van der Waals surface area contributed by atoms with Crippen LogP contribution < -0.4 is 4.72 Å². The van der Waals surface area contributed by atoms with Gasteiger partial charge in [-0.2, -0.15) is 0 Å². The Morgan fingerprint density at radius 2 is 2.14 bits per heavy atom. The summed E-state index contributed by atoms with van der Waals surface area (Å²) in [5, 5.41) is 0. The number of hydrogen-bond donors (Lipinski definition) is 1. The van der Waals surface area contributed by atoms with E-state index in [0.29, 0.717) is 11.8 Å². The summed E-state index contributed by atoms with van der Waals surface area (Å²) in [6.07, 6.45) is 12.1. The van der Waals surface area contributed by atoms with Crippen molar-refractivity contribution in [1.29, 1.82) is 0 Å². The minimum atomic E-state index is 0.628. The summed E-state index contributed by atoms with van der Waals surface area (Å²) in [4.78, 5) is 1.33. The Bertz CT molecular complexity index is 506. The second-order valence-corrected chi connectivity index (χ2v) is 7.01. The molecule has 2 heteroatoms. The highest BCUT2D eigenvalue weighted by Gasteiger charge is 2.37. The summed E-state index contributed by atoms with van der Waals surface area (Å²) in [6.45, 7) is 8.71. The summed E-state index contributed by atoms with van der Waals surface area (Å²) in [5.74, 6) is 1.34. The maximum absolute atomic E-state index is 4.24. The standard InChI is InChI=1S/C20H29NS/c1-4-6-7-8-13-18-15-19(18)16(3)21-22-20-14-10-9-12-17(20)11-5-2/h8-10,12-14,18-19,21H,3-7,11,15H2,1-2H3/b13-8-. The van der Waals surface area contributed by atoms with Gasteiger partial charge >= 0.3 is 0 Å². The molecule has 22 heavy (non-hydrogen) atoms.